The Hall–Kier alpha value is -0.870. The van der Waals surface area contributed by atoms with Crippen molar-refractivity contribution < 1.29 is 24.4 Å². The van der Waals surface area contributed by atoms with E-state index in [0.717, 1.165) is 4.90 Å². The summed E-state index contributed by atoms with van der Waals surface area (Å²) in [5.74, 6) is -2.24. The second kappa shape index (κ2) is 5.72. The Morgan fingerprint density at radius 3 is 1.85 bits per heavy atom. The Morgan fingerprint density at radius 1 is 1.23 bits per heavy atom. The monoisotopic (exact) mass is 209 g/mol. The van der Waals surface area contributed by atoms with Crippen molar-refractivity contribution in [1.82, 2.24) is 4.90 Å². The smallest absolute Gasteiger partial charge is 0.317 e. The summed E-state index contributed by atoms with van der Waals surface area (Å²) in [4.78, 5) is 21.6. The fourth-order valence-corrected chi connectivity index (χ4v) is 1.72. The molecule has 0 aliphatic heterocycles. The van der Waals surface area contributed by atoms with Crippen LogP contribution in [0.15, 0.2) is 0 Å². The number of nitrogens with zero attached hydrogens (tertiary/aromatic N) is 1. The molecule has 1 unspecified atom stereocenters. The maximum Gasteiger partial charge on any atom is 0.317 e. The molecule has 0 spiro atoms. The number of carboxylic acid groups (broad SMARTS) is 2. The van der Waals surface area contributed by atoms with E-state index in [9.17, 15) is 14.2 Å². The first kappa shape index (κ1) is 12.1. The Morgan fingerprint density at radius 2 is 1.62 bits per heavy atom. The third-order valence-corrected chi connectivity index (χ3v) is 2.06. The van der Waals surface area contributed by atoms with Crippen LogP contribution in [0.3, 0.4) is 0 Å². The van der Waals surface area contributed by atoms with Gasteiger partial charge in [0.15, 0.2) is 0 Å². The fourth-order valence-electron chi connectivity index (χ4n) is 0.865. The van der Waals surface area contributed by atoms with Gasteiger partial charge in [0, 0.05) is 0 Å². The van der Waals surface area contributed by atoms with E-state index in [1.807, 2.05) is 0 Å². The molecule has 0 heterocycles. The van der Waals surface area contributed by atoms with E-state index in [-0.39, 0.29) is 6.29 Å². The van der Waals surface area contributed by atoms with Crippen LogP contribution in [0, 0.1) is 0 Å². The largest absolute Gasteiger partial charge is 0.480 e. The zero-order chi connectivity index (χ0) is 10.4. The van der Waals surface area contributed by atoms with Crippen molar-refractivity contribution in [3.63, 3.8) is 0 Å². The van der Waals surface area contributed by atoms with Gasteiger partial charge in [-0.2, -0.15) is 0 Å². The first-order valence-corrected chi connectivity index (χ1v) is 5.68. The van der Waals surface area contributed by atoms with Crippen molar-refractivity contribution in [2.24, 2.45) is 0 Å². The van der Waals surface area contributed by atoms with Gasteiger partial charge in [0.25, 0.3) is 0 Å². The minimum Gasteiger partial charge on any atom is -0.480 e. The molecule has 1 atom stereocenters. The molecule has 0 aromatic carbocycles. The van der Waals surface area contributed by atoms with Crippen LogP contribution in [-0.2, 0) is 14.2 Å². The van der Waals surface area contributed by atoms with Crippen LogP contribution in [0.2, 0.25) is 0 Å². The Bertz CT molecular complexity index is 191. The zero-order valence-corrected chi connectivity index (χ0v) is 8.19. The van der Waals surface area contributed by atoms with Crippen LogP contribution in [0.4, 0.5) is 0 Å². The van der Waals surface area contributed by atoms with Crippen LogP contribution >= 0.6 is 7.80 Å². The summed E-state index contributed by atoms with van der Waals surface area (Å²) in [6.45, 7) is 0.675. The minimum atomic E-state index is -1.87. The molecule has 0 saturated heterocycles. The van der Waals surface area contributed by atoms with Gasteiger partial charge in [-0.25, -0.2) is 0 Å². The van der Waals surface area contributed by atoms with E-state index >= 15 is 0 Å². The third kappa shape index (κ3) is 7.49. The van der Waals surface area contributed by atoms with Gasteiger partial charge < -0.3 is 14.8 Å². The van der Waals surface area contributed by atoms with E-state index in [2.05, 4.69) is 0 Å². The van der Waals surface area contributed by atoms with Crippen molar-refractivity contribution in [1.29, 1.82) is 0 Å². The molecule has 0 rings (SSSR count). The third-order valence-electron chi connectivity index (χ3n) is 1.16. The predicted molar refractivity (Wildman–Crippen MR) is 46.6 cm³/mol. The lowest BCUT2D eigenvalue weighted by molar-refractivity contribution is -0.141. The van der Waals surface area contributed by atoms with E-state index in [4.69, 9.17) is 10.2 Å². The minimum absolute atomic E-state index is 0.0310. The topological polar surface area (TPSA) is 94.9 Å². The normalized spacial score (nSPS) is 12.8. The quantitative estimate of drug-likeness (QED) is 0.578. The summed E-state index contributed by atoms with van der Waals surface area (Å²) in [6, 6.07) is 0. The standard InChI is InChI=1S/C6H12NO5P/c1-13(12)4-7(2-5(8)9)3-6(10)11/h13H,2-4H2,1H3,(H,8,9)(H,10,11). The molecule has 0 amide bonds. The SMILES string of the molecule is C[PH](=O)CN(CC(=O)O)CC(=O)O. The molecule has 0 radical (unpaired) electrons. The highest BCUT2D eigenvalue weighted by atomic mass is 31.1. The summed E-state index contributed by atoms with van der Waals surface area (Å²) in [7, 11) is -1.87. The van der Waals surface area contributed by atoms with Crippen LogP contribution in [0.5, 0.6) is 0 Å². The number of hydrogen-bond donors (Lipinski definition) is 2. The lowest BCUT2D eigenvalue weighted by atomic mass is 10.5. The van der Waals surface area contributed by atoms with Crippen molar-refractivity contribution >= 4 is 19.7 Å². The number of rotatable bonds is 6. The summed E-state index contributed by atoms with van der Waals surface area (Å²) in [5.41, 5.74) is 0. The lowest BCUT2D eigenvalue weighted by Gasteiger charge is -2.15. The van der Waals surface area contributed by atoms with Crippen LogP contribution in [0.25, 0.3) is 0 Å². The van der Waals surface area contributed by atoms with E-state index in [1.54, 1.807) is 0 Å². The van der Waals surface area contributed by atoms with Gasteiger partial charge in [-0.05, 0) is 6.66 Å². The highest BCUT2D eigenvalue weighted by Crippen LogP contribution is 2.14. The highest BCUT2D eigenvalue weighted by Gasteiger charge is 2.13. The molecule has 7 heteroatoms. The van der Waals surface area contributed by atoms with Gasteiger partial charge >= 0.3 is 11.9 Å². The van der Waals surface area contributed by atoms with Crippen molar-refractivity contribution in [3.05, 3.63) is 0 Å². The van der Waals surface area contributed by atoms with Gasteiger partial charge in [-0.3, -0.25) is 14.5 Å². The molecule has 0 bridgehead atoms. The second-order valence-corrected chi connectivity index (χ2v) is 4.35. The van der Waals surface area contributed by atoms with Gasteiger partial charge in [-0.1, -0.05) is 0 Å². The molecule has 6 nitrogen and oxygen atoms in total. The Balaban J connectivity index is 4.10. The van der Waals surface area contributed by atoms with Crippen LogP contribution in [0.1, 0.15) is 0 Å². The first-order valence-electron chi connectivity index (χ1n) is 3.57. The molecule has 0 aliphatic carbocycles. The maximum atomic E-state index is 10.8. The first-order chi connectivity index (χ1) is 5.91. The molecule has 0 saturated carbocycles. The van der Waals surface area contributed by atoms with Crippen LogP contribution in [-0.4, -0.2) is 53.1 Å². The molecule has 0 aromatic rings. The van der Waals surface area contributed by atoms with Gasteiger partial charge in [0.1, 0.15) is 0 Å². The summed E-state index contributed by atoms with van der Waals surface area (Å²) in [6.07, 6.45) is 0.0310. The van der Waals surface area contributed by atoms with Crippen molar-refractivity contribution in [3.8, 4) is 0 Å². The molecule has 13 heavy (non-hydrogen) atoms. The molecule has 76 valence electrons. The number of carboxylic acids is 2. The molecule has 2 N–H and O–H groups in total. The zero-order valence-electron chi connectivity index (χ0n) is 7.19. The van der Waals surface area contributed by atoms with Crippen LogP contribution < -0.4 is 0 Å². The molecular formula is C6H12NO5P. The second-order valence-electron chi connectivity index (χ2n) is 2.63. The average molecular weight is 209 g/mol. The molecule has 0 aliphatic rings. The highest BCUT2D eigenvalue weighted by molar-refractivity contribution is 7.43. The summed E-state index contributed by atoms with van der Waals surface area (Å²) < 4.78 is 10.8. The Labute approximate surface area is 75.9 Å². The maximum absolute atomic E-state index is 10.8. The van der Waals surface area contributed by atoms with E-state index < -0.39 is 32.8 Å². The number of aliphatic carboxylic acids is 2. The summed E-state index contributed by atoms with van der Waals surface area (Å²) in [5, 5.41) is 16.8. The number of carbonyl (C=O) groups is 2. The fraction of sp³-hybridized carbons (Fsp3) is 0.667. The number of hydrogen-bond acceptors (Lipinski definition) is 4. The Kier molecular flexibility index (Phi) is 5.34. The van der Waals surface area contributed by atoms with Crippen molar-refractivity contribution in [2.75, 3.05) is 26.0 Å². The molecular weight excluding hydrogens is 197 g/mol. The average Bonchev–Trinajstić information content (AvgIpc) is 1.80. The predicted octanol–water partition coefficient (Wildman–Crippen LogP) is -0.395. The molecule has 0 aromatic heterocycles. The lowest BCUT2D eigenvalue weighted by Crippen LogP contribution is -2.34. The van der Waals surface area contributed by atoms with Gasteiger partial charge in [0.05, 0.1) is 27.2 Å². The van der Waals surface area contributed by atoms with Crippen molar-refractivity contribution in [2.45, 2.75) is 0 Å². The van der Waals surface area contributed by atoms with E-state index in [1.165, 1.54) is 6.66 Å². The van der Waals surface area contributed by atoms with Gasteiger partial charge in [-0.15, -0.1) is 0 Å². The molecule has 0 fully saturated rings. The summed E-state index contributed by atoms with van der Waals surface area (Å²) >= 11 is 0. The van der Waals surface area contributed by atoms with Gasteiger partial charge in [0.2, 0.25) is 0 Å². The van der Waals surface area contributed by atoms with E-state index in [0.29, 0.717) is 0 Å².